The molecule has 2 bridgehead atoms. The largest absolute Gasteiger partial charge is 0.479 e. The number of hydrogen-bond donors (Lipinski definition) is 1. The molecule has 3 fully saturated rings. The van der Waals surface area contributed by atoms with Crippen LogP contribution in [0.2, 0.25) is 0 Å². The minimum absolute atomic E-state index is 0.191. The normalized spacial score (nSPS) is 31.3. The van der Waals surface area contributed by atoms with Gasteiger partial charge in [-0.1, -0.05) is 0 Å². The van der Waals surface area contributed by atoms with Gasteiger partial charge in [0.15, 0.2) is 6.10 Å². The van der Waals surface area contributed by atoms with Crippen molar-refractivity contribution in [2.75, 3.05) is 6.54 Å². The quantitative estimate of drug-likeness (QED) is 0.764. The summed E-state index contributed by atoms with van der Waals surface area (Å²) < 4.78 is 10.7. The molecule has 3 aliphatic heterocycles. The van der Waals surface area contributed by atoms with Crippen LogP contribution in [0.1, 0.15) is 33.6 Å². The number of rotatable bonds is 1. The third-order valence-corrected chi connectivity index (χ3v) is 3.14. The highest BCUT2D eigenvalue weighted by molar-refractivity contribution is 5.76. The molecule has 0 saturated carbocycles. The number of carbonyl (C=O) groups excluding carboxylic acids is 1. The van der Waals surface area contributed by atoms with Gasteiger partial charge in [-0.3, -0.25) is 4.90 Å². The van der Waals surface area contributed by atoms with E-state index in [2.05, 4.69) is 0 Å². The lowest BCUT2D eigenvalue weighted by molar-refractivity contribution is -0.185. The number of morpholine rings is 1. The fourth-order valence-electron chi connectivity index (χ4n) is 2.44. The molecule has 0 aromatic carbocycles. The number of fused-ring (bicyclic) bond motifs is 3. The number of aliphatic carboxylic acids is 1. The second-order valence-corrected chi connectivity index (χ2v) is 5.79. The van der Waals surface area contributed by atoms with Crippen molar-refractivity contribution in [1.29, 1.82) is 0 Å². The third kappa shape index (κ3) is 2.58. The molecule has 3 heterocycles. The summed E-state index contributed by atoms with van der Waals surface area (Å²) in [5.74, 6) is -1.02. The van der Waals surface area contributed by atoms with Gasteiger partial charge in [0, 0.05) is 0 Å². The number of carbonyl (C=O) groups is 2. The second-order valence-electron chi connectivity index (χ2n) is 5.79. The molecular weight excluding hydrogens is 238 g/mol. The Kier molecular flexibility index (Phi) is 3.23. The van der Waals surface area contributed by atoms with Gasteiger partial charge in [-0.15, -0.1) is 0 Å². The molecule has 102 valence electrons. The Morgan fingerprint density at radius 3 is 2.50 bits per heavy atom. The van der Waals surface area contributed by atoms with Crippen LogP contribution in [-0.2, 0) is 14.3 Å². The zero-order chi connectivity index (χ0) is 13.5. The van der Waals surface area contributed by atoms with Gasteiger partial charge in [0.1, 0.15) is 5.60 Å². The van der Waals surface area contributed by atoms with Gasteiger partial charge in [0.05, 0.1) is 18.7 Å². The minimum Gasteiger partial charge on any atom is -0.479 e. The molecule has 3 unspecified atom stereocenters. The first-order valence-electron chi connectivity index (χ1n) is 6.16. The van der Waals surface area contributed by atoms with E-state index < -0.39 is 29.8 Å². The lowest BCUT2D eigenvalue weighted by Crippen LogP contribution is -2.63. The minimum atomic E-state index is -1.02. The number of carboxylic acids is 1. The summed E-state index contributed by atoms with van der Waals surface area (Å²) in [4.78, 5) is 24.6. The topological polar surface area (TPSA) is 76.1 Å². The highest BCUT2D eigenvalue weighted by atomic mass is 16.6. The van der Waals surface area contributed by atoms with E-state index in [1.165, 1.54) is 4.90 Å². The van der Waals surface area contributed by atoms with E-state index in [9.17, 15) is 9.59 Å². The van der Waals surface area contributed by atoms with E-state index in [1.807, 2.05) is 0 Å². The van der Waals surface area contributed by atoms with Crippen LogP contribution >= 0.6 is 0 Å². The Balaban J connectivity index is 2.10. The number of carboxylic acid groups (broad SMARTS) is 1. The van der Waals surface area contributed by atoms with Gasteiger partial charge in [-0.25, -0.2) is 9.59 Å². The molecule has 0 spiro atoms. The molecule has 3 saturated heterocycles. The van der Waals surface area contributed by atoms with Crippen molar-refractivity contribution in [1.82, 2.24) is 4.90 Å². The van der Waals surface area contributed by atoms with E-state index in [0.717, 1.165) is 6.42 Å². The summed E-state index contributed by atoms with van der Waals surface area (Å²) in [6, 6.07) is -0.414. The highest BCUT2D eigenvalue weighted by Crippen LogP contribution is 2.32. The van der Waals surface area contributed by atoms with Gasteiger partial charge in [-0.05, 0) is 33.6 Å². The SMILES string of the molecule is CC(C)(C)OC(=O)N1CC2CCC1C(C(=O)O)O2. The lowest BCUT2D eigenvalue weighted by atomic mass is 9.92. The second kappa shape index (κ2) is 4.42. The molecule has 6 nitrogen and oxygen atoms in total. The maximum Gasteiger partial charge on any atom is 0.410 e. The van der Waals surface area contributed by atoms with Crippen molar-refractivity contribution in [3.63, 3.8) is 0 Å². The number of nitrogens with zero attached hydrogens (tertiary/aromatic N) is 1. The summed E-state index contributed by atoms with van der Waals surface area (Å²) >= 11 is 0. The molecule has 0 aromatic heterocycles. The summed E-state index contributed by atoms with van der Waals surface area (Å²) in [7, 11) is 0. The Morgan fingerprint density at radius 2 is 2.00 bits per heavy atom. The van der Waals surface area contributed by atoms with Crippen LogP contribution < -0.4 is 0 Å². The van der Waals surface area contributed by atoms with E-state index in [4.69, 9.17) is 14.6 Å². The van der Waals surface area contributed by atoms with Crippen LogP contribution in [0, 0.1) is 0 Å². The maximum atomic E-state index is 12.0. The Morgan fingerprint density at radius 1 is 1.33 bits per heavy atom. The fraction of sp³-hybridized carbons (Fsp3) is 0.833. The van der Waals surface area contributed by atoms with Crippen molar-refractivity contribution >= 4 is 12.1 Å². The summed E-state index contributed by atoms with van der Waals surface area (Å²) in [6.07, 6.45) is -0.116. The van der Waals surface area contributed by atoms with Gasteiger partial charge in [0.25, 0.3) is 0 Å². The molecule has 0 radical (unpaired) electrons. The van der Waals surface area contributed by atoms with Crippen LogP contribution in [0.3, 0.4) is 0 Å². The molecule has 1 N–H and O–H groups in total. The Bertz CT molecular complexity index is 362. The molecule has 1 amide bonds. The van der Waals surface area contributed by atoms with Gasteiger partial charge >= 0.3 is 12.1 Å². The van der Waals surface area contributed by atoms with E-state index in [0.29, 0.717) is 13.0 Å². The monoisotopic (exact) mass is 257 g/mol. The van der Waals surface area contributed by atoms with Gasteiger partial charge in [-0.2, -0.15) is 0 Å². The summed E-state index contributed by atoms with van der Waals surface area (Å²) in [5.41, 5.74) is -0.576. The van der Waals surface area contributed by atoms with Crippen molar-refractivity contribution in [3.05, 3.63) is 0 Å². The first kappa shape index (κ1) is 13.1. The molecule has 0 aromatic rings. The zero-order valence-corrected chi connectivity index (χ0v) is 10.9. The molecule has 6 heteroatoms. The standard InChI is InChI=1S/C12H19NO5/c1-12(2,3)18-11(16)13-6-7-4-5-8(13)9(17-7)10(14)15/h7-9H,4-6H2,1-3H3,(H,14,15). The first-order chi connectivity index (χ1) is 8.28. The fourth-order valence-corrected chi connectivity index (χ4v) is 2.44. The van der Waals surface area contributed by atoms with Crippen molar-refractivity contribution in [2.24, 2.45) is 0 Å². The average Bonchev–Trinajstić information content (AvgIpc) is 2.27. The van der Waals surface area contributed by atoms with Gasteiger partial charge in [0.2, 0.25) is 0 Å². The van der Waals surface area contributed by atoms with Crippen LogP contribution in [0.5, 0.6) is 0 Å². The predicted molar refractivity (Wildman–Crippen MR) is 62.3 cm³/mol. The maximum absolute atomic E-state index is 12.0. The smallest absolute Gasteiger partial charge is 0.410 e. The molecular formula is C12H19NO5. The first-order valence-corrected chi connectivity index (χ1v) is 6.16. The number of hydrogen-bond acceptors (Lipinski definition) is 4. The van der Waals surface area contributed by atoms with Crippen molar-refractivity contribution in [3.8, 4) is 0 Å². The third-order valence-electron chi connectivity index (χ3n) is 3.14. The van der Waals surface area contributed by atoms with Crippen LogP contribution in [0.4, 0.5) is 4.79 Å². The highest BCUT2D eigenvalue weighted by Gasteiger charge is 2.48. The zero-order valence-electron chi connectivity index (χ0n) is 10.9. The van der Waals surface area contributed by atoms with E-state index in [-0.39, 0.29) is 6.10 Å². The summed E-state index contributed by atoms with van der Waals surface area (Å²) in [6.45, 7) is 5.79. The predicted octanol–water partition coefficient (Wildman–Crippen LogP) is 1.24. The average molecular weight is 257 g/mol. The van der Waals surface area contributed by atoms with Crippen LogP contribution in [0.25, 0.3) is 0 Å². The van der Waals surface area contributed by atoms with E-state index >= 15 is 0 Å². The molecule has 3 aliphatic rings. The Hall–Kier alpha value is -1.30. The van der Waals surface area contributed by atoms with Crippen LogP contribution in [0.15, 0.2) is 0 Å². The molecule has 3 rings (SSSR count). The lowest BCUT2D eigenvalue weighted by Gasteiger charge is -2.47. The number of amides is 1. The molecule has 0 aliphatic carbocycles. The number of piperidine rings is 1. The van der Waals surface area contributed by atoms with Gasteiger partial charge < -0.3 is 14.6 Å². The van der Waals surface area contributed by atoms with E-state index in [1.54, 1.807) is 20.8 Å². The van der Waals surface area contributed by atoms with Crippen molar-refractivity contribution in [2.45, 2.75) is 57.5 Å². The van der Waals surface area contributed by atoms with Crippen molar-refractivity contribution < 1.29 is 24.2 Å². The molecule has 3 atom stereocenters. The number of ether oxygens (including phenoxy) is 2. The molecule has 18 heavy (non-hydrogen) atoms. The summed E-state index contributed by atoms with van der Waals surface area (Å²) in [5, 5.41) is 9.09. The van der Waals surface area contributed by atoms with Crippen LogP contribution in [-0.4, -0.2) is 52.5 Å². The Labute approximate surface area is 106 Å².